The van der Waals surface area contributed by atoms with Gasteiger partial charge in [-0.05, 0) is 28.7 Å². The summed E-state index contributed by atoms with van der Waals surface area (Å²) in [5.41, 5.74) is 6.47. The zero-order chi connectivity index (χ0) is 10.3. The van der Waals surface area contributed by atoms with Crippen molar-refractivity contribution in [1.29, 1.82) is 0 Å². The second kappa shape index (κ2) is 3.35. The van der Waals surface area contributed by atoms with Crippen molar-refractivity contribution in [2.24, 2.45) is 0 Å². The fraction of sp³-hybridized carbons (Fsp3) is 0. The van der Waals surface area contributed by atoms with E-state index in [4.69, 9.17) is 5.73 Å². The number of hydrogen-bond acceptors (Lipinski definition) is 4. The largest absolute Gasteiger partial charge is 0.398 e. The summed E-state index contributed by atoms with van der Waals surface area (Å²) in [5, 5.41) is 13.2. The highest BCUT2D eigenvalue weighted by Gasteiger charge is 2.16. The van der Waals surface area contributed by atoms with Crippen LogP contribution < -0.4 is 5.73 Å². The zero-order valence-corrected chi connectivity index (χ0v) is 9.83. The molecule has 72 valence electrons. The average molecular weight is 320 g/mol. The molecule has 6 heteroatoms. The van der Waals surface area contributed by atoms with Crippen LogP contribution in [0.25, 0.3) is 10.1 Å². The molecule has 1 aromatic carbocycles. The fourth-order valence-electron chi connectivity index (χ4n) is 1.26. The first-order chi connectivity index (χ1) is 6.61. The van der Waals surface area contributed by atoms with Gasteiger partial charge < -0.3 is 5.73 Å². The van der Waals surface area contributed by atoms with Gasteiger partial charge in [-0.1, -0.05) is 0 Å². The topological polar surface area (TPSA) is 69.2 Å². The Kier molecular flexibility index (Phi) is 2.31. The Morgan fingerprint density at radius 3 is 2.86 bits per heavy atom. The molecule has 0 aliphatic rings. The van der Waals surface area contributed by atoms with E-state index < -0.39 is 0 Å². The standard InChI is InChI=1S/C8H5IN2O2S/c9-4-1-2-6(11(12)13)8-7(4)5(10)3-14-8/h1-3H,10H2. The molecular weight excluding hydrogens is 315 g/mol. The van der Waals surface area contributed by atoms with Crippen LogP contribution in [0.3, 0.4) is 0 Å². The number of non-ortho nitro benzene ring substituents is 1. The van der Waals surface area contributed by atoms with Gasteiger partial charge in [0.05, 0.1) is 10.6 Å². The number of halogens is 1. The van der Waals surface area contributed by atoms with Crippen LogP contribution in [0, 0.1) is 13.7 Å². The van der Waals surface area contributed by atoms with Crippen LogP contribution in [0.15, 0.2) is 17.5 Å². The van der Waals surface area contributed by atoms with Crippen LogP contribution in [0.4, 0.5) is 11.4 Å². The van der Waals surface area contributed by atoms with E-state index in [9.17, 15) is 10.1 Å². The quantitative estimate of drug-likeness (QED) is 0.499. The van der Waals surface area contributed by atoms with Crippen LogP contribution >= 0.6 is 33.9 Å². The van der Waals surface area contributed by atoms with Gasteiger partial charge in [0.2, 0.25) is 0 Å². The van der Waals surface area contributed by atoms with Gasteiger partial charge in [0, 0.05) is 20.4 Å². The third-order valence-electron chi connectivity index (χ3n) is 1.88. The Morgan fingerprint density at radius 2 is 2.21 bits per heavy atom. The van der Waals surface area contributed by atoms with E-state index in [-0.39, 0.29) is 10.6 Å². The van der Waals surface area contributed by atoms with Crippen molar-refractivity contribution in [3.63, 3.8) is 0 Å². The normalized spacial score (nSPS) is 10.6. The fourth-order valence-corrected chi connectivity index (χ4v) is 3.18. The van der Waals surface area contributed by atoms with E-state index in [1.54, 1.807) is 11.4 Å². The molecule has 0 fully saturated rings. The SMILES string of the molecule is Nc1csc2c([N+](=O)[O-])ccc(I)c12. The maximum atomic E-state index is 10.7. The maximum absolute atomic E-state index is 10.7. The van der Waals surface area contributed by atoms with Gasteiger partial charge in [0.25, 0.3) is 5.69 Å². The summed E-state index contributed by atoms with van der Waals surface area (Å²) in [6, 6.07) is 3.23. The highest BCUT2D eigenvalue weighted by molar-refractivity contribution is 14.1. The lowest BCUT2D eigenvalue weighted by atomic mass is 10.2. The van der Waals surface area contributed by atoms with Crippen LogP contribution in [-0.2, 0) is 0 Å². The third kappa shape index (κ3) is 1.34. The molecule has 0 unspecified atom stereocenters. The molecule has 0 radical (unpaired) electrons. The summed E-state index contributed by atoms with van der Waals surface area (Å²) in [6.45, 7) is 0. The number of fused-ring (bicyclic) bond motifs is 1. The highest BCUT2D eigenvalue weighted by atomic mass is 127. The lowest BCUT2D eigenvalue weighted by molar-refractivity contribution is -0.382. The second-order valence-electron chi connectivity index (χ2n) is 2.72. The van der Waals surface area contributed by atoms with Gasteiger partial charge >= 0.3 is 0 Å². The molecule has 4 nitrogen and oxygen atoms in total. The van der Waals surface area contributed by atoms with Gasteiger partial charge in [-0.3, -0.25) is 10.1 Å². The molecule has 0 aliphatic carbocycles. The molecule has 0 aliphatic heterocycles. The molecule has 0 saturated heterocycles. The van der Waals surface area contributed by atoms with Crippen LogP contribution in [-0.4, -0.2) is 4.92 Å². The molecule has 0 amide bonds. The number of nitrogen functional groups attached to an aromatic ring is 1. The highest BCUT2D eigenvalue weighted by Crippen LogP contribution is 2.37. The number of nitro groups is 1. The molecule has 0 spiro atoms. The number of nitrogens with two attached hydrogens (primary N) is 1. The van der Waals surface area contributed by atoms with Gasteiger partial charge in [-0.25, -0.2) is 0 Å². The molecule has 14 heavy (non-hydrogen) atoms. The van der Waals surface area contributed by atoms with Gasteiger partial charge in [0.15, 0.2) is 0 Å². The maximum Gasteiger partial charge on any atom is 0.287 e. The van der Waals surface area contributed by atoms with Gasteiger partial charge in [-0.2, -0.15) is 0 Å². The van der Waals surface area contributed by atoms with E-state index in [1.807, 2.05) is 0 Å². The first-order valence-corrected chi connectivity index (χ1v) is 5.66. The van der Waals surface area contributed by atoms with Crippen molar-refractivity contribution in [3.8, 4) is 0 Å². The van der Waals surface area contributed by atoms with Gasteiger partial charge in [0.1, 0.15) is 4.70 Å². The molecule has 0 bridgehead atoms. The summed E-state index contributed by atoms with van der Waals surface area (Å²) >= 11 is 3.44. The van der Waals surface area contributed by atoms with E-state index in [1.165, 1.54) is 17.4 Å². The number of anilines is 1. The van der Waals surface area contributed by atoms with E-state index in [0.717, 1.165) is 8.96 Å². The Hall–Kier alpha value is -0.890. The molecule has 1 aromatic heterocycles. The van der Waals surface area contributed by atoms with Crippen molar-refractivity contribution < 1.29 is 4.92 Å². The minimum absolute atomic E-state index is 0.127. The Bertz CT molecular complexity index is 523. The van der Waals surface area contributed by atoms with Crippen molar-refractivity contribution in [1.82, 2.24) is 0 Å². The van der Waals surface area contributed by atoms with Crippen molar-refractivity contribution in [2.75, 3.05) is 5.73 Å². The van der Waals surface area contributed by atoms with Crippen LogP contribution in [0.2, 0.25) is 0 Å². The van der Waals surface area contributed by atoms with Crippen LogP contribution in [0.5, 0.6) is 0 Å². The predicted octanol–water partition coefficient (Wildman–Crippen LogP) is 3.00. The van der Waals surface area contributed by atoms with Crippen molar-refractivity contribution in [3.05, 3.63) is 31.2 Å². The summed E-state index contributed by atoms with van der Waals surface area (Å²) in [4.78, 5) is 10.3. The first kappa shape index (κ1) is 9.66. The predicted molar refractivity (Wildman–Crippen MR) is 65.6 cm³/mol. The third-order valence-corrected chi connectivity index (χ3v) is 3.79. The van der Waals surface area contributed by atoms with Crippen LogP contribution in [0.1, 0.15) is 0 Å². The molecule has 0 atom stereocenters. The second-order valence-corrected chi connectivity index (χ2v) is 4.76. The number of hydrogen-bond donors (Lipinski definition) is 1. The number of nitrogens with zero attached hydrogens (tertiary/aromatic N) is 1. The molecule has 2 rings (SSSR count). The summed E-state index contributed by atoms with van der Waals surface area (Å²) < 4.78 is 1.60. The smallest absolute Gasteiger partial charge is 0.287 e. The molecule has 1 heterocycles. The molecule has 2 N–H and O–H groups in total. The van der Waals surface area contributed by atoms with E-state index in [2.05, 4.69) is 22.6 Å². The number of nitro benzene ring substituents is 1. The Morgan fingerprint density at radius 1 is 1.50 bits per heavy atom. The minimum atomic E-state index is -0.381. The monoisotopic (exact) mass is 320 g/mol. The molecule has 2 aromatic rings. The minimum Gasteiger partial charge on any atom is -0.398 e. The Balaban J connectivity index is 2.90. The van der Waals surface area contributed by atoms with E-state index in [0.29, 0.717) is 10.4 Å². The molecule has 0 saturated carbocycles. The summed E-state index contributed by atoms with van der Waals surface area (Å²) in [6.07, 6.45) is 0. The number of thiophene rings is 1. The van der Waals surface area contributed by atoms with E-state index >= 15 is 0 Å². The number of benzene rings is 1. The van der Waals surface area contributed by atoms with Gasteiger partial charge in [-0.15, -0.1) is 11.3 Å². The summed E-state index contributed by atoms with van der Waals surface area (Å²) in [5.74, 6) is 0. The molecular formula is C8H5IN2O2S. The average Bonchev–Trinajstić information content (AvgIpc) is 2.49. The first-order valence-electron chi connectivity index (χ1n) is 3.71. The lowest BCUT2D eigenvalue weighted by Gasteiger charge is -1.97. The number of rotatable bonds is 1. The zero-order valence-electron chi connectivity index (χ0n) is 6.86. The summed E-state index contributed by atoms with van der Waals surface area (Å²) in [7, 11) is 0. The Labute approximate surface area is 97.0 Å². The lowest BCUT2D eigenvalue weighted by Crippen LogP contribution is -1.89. The van der Waals surface area contributed by atoms with Crippen molar-refractivity contribution in [2.45, 2.75) is 0 Å². The van der Waals surface area contributed by atoms with Crippen molar-refractivity contribution >= 4 is 55.4 Å².